The highest BCUT2D eigenvalue weighted by Gasteiger charge is 2.36. The number of hydrogen-bond acceptors (Lipinski definition) is 6. The Morgan fingerprint density at radius 1 is 1.24 bits per heavy atom. The van der Waals surface area contributed by atoms with E-state index in [0.29, 0.717) is 12.4 Å². The van der Waals surface area contributed by atoms with Crippen LogP contribution in [0, 0.1) is 0 Å². The van der Waals surface area contributed by atoms with Crippen molar-refractivity contribution in [1.29, 1.82) is 0 Å². The Kier molecular flexibility index (Phi) is 2.53. The molecule has 0 saturated carbocycles. The zero-order valence-electron chi connectivity index (χ0n) is 11.2. The van der Waals surface area contributed by atoms with Gasteiger partial charge in [0.15, 0.2) is 5.78 Å². The number of phenols is 1. The number of carbonyl (C=O) groups excluding carboxylic acids is 1. The molecule has 2 aliphatic rings. The van der Waals surface area contributed by atoms with Crippen LogP contribution >= 0.6 is 0 Å². The van der Waals surface area contributed by atoms with E-state index in [9.17, 15) is 9.90 Å². The highest BCUT2D eigenvalue weighted by molar-refractivity contribution is 5.99. The number of hydrogen-bond donors (Lipinski definition) is 2. The predicted molar refractivity (Wildman–Crippen MR) is 73.6 cm³/mol. The number of aromatic hydroxyl groups is 1. The van der Waals surface area contributed by atoms with Gasteiger partial charge in [-0.3, -0.25) is 4.79 Å². The molecule has 1 aliphatic carbocycles. The number of carbonyl (C=O) groups is 1. The summed E-state index contributed by atoms with van der Waals surface area (Å²) in [6.07, 6.45) is 2.21. The molecular weight excluding hydrogens is 270 g/mol. The van der Waals surface area contributed by atoms with E-state index in [1.807, 2.05) is 0 Å². The van der Waals surface area contributed by atoms with Gasteiger partial charge in [-0.25, -0.2) is 0 Å². The summed E-state index contributed by atoms with van der Waals surface area (Å²) in [5.41, 5.74) is 2.52. The van der Waals surface area contributed by atoms with Crippen molar-refractivity contribution in [2.45, 2.75) is 25.3 Å². The first-order chi connectivity index (χ1) is 10.2. The number of phenolic OH excluding ortho intramolecular Hbond substituents is 1. The number of nitrogens with one attached hydrogen (secondary N) is 1. The molecular formula is C14H13N5O2. The highest BCUT2D eigenvalue weighted by Crippen LogP contribution is 2.39. The molecule has 0 amide bonds. The van der Waals surface area contributed by atoms with Crippen molar-refractivity contribution in [3.63, 3.8) is 0 Å². The van der Waals surface area contributed by atoms with E-state index in [4.69, 9.17) is 0 Å². The molecule has 0 fully saturated rings. The summed E-state index contributed by atoms with van der Waals surface area (Å²) in [5, 5.41) is 24.3. The average molecular weight is 283 g/mol. The smallest absolute Gasteiger partial charge is 0.248 e. The Bertz CT molecular complexity index is 747. The standard InChI is InChI=1S/C14H13N5O2/c20-9-6-4-8(5-7-9)13-12-10(2-1-3-11(12)21)15-14-16-17-18-19(13)14/h4-7,13,20H,1-3H2,(H,15,16,18)/t13-/m1/s1. The number of nitrogens with zero attached hydrogens (tertiary/aromatic N) is 4. The van der Waals surface area contributed by atoms with Crippen LogP contribution in [0.3, 0.4) is 0 Å². The van der Waals surface area contributed by atoms with Gasteiger partial charge < -0.3 is 10.4 Å². The van der Waals surface area contributed by atoms with Crippen LogP contribution in [0.25, 0.3) is 0 Å². The second-order valence-electron chi connectivity index (χ2n) is 5.24. The third-order valence-corrected chi connectivity index (χ3v) is 3.94. The number of anilines is 1. The third-order valence-electron chi connectivity index (χ3n) is 3.94. The molecule has 106 valence electrons. The normalized spacial score (nSPS) is 20.8. The molecule has 4 rings (SSSR count). The Morgan fingerprint density at radius 3 is 2.86 bits per heavy atom. The van der Waals surface area contributed by atoms with Crippen molar-refractivity contribution < 1.29 is 9.90 Å². The van der Waals surface area contributed by atoms with Crippen LogP contribution in [0.4, 0.5) is 5.95 Å². The van der Waals surface area contributed by atoms with Gasteiger partial charge in [-0.05, 0) is 41.0 Å². The van der Waals surface area contributed by atoms with Crippen LogP contribution in [0.1, 0.15) is 30.9 Å². The second-order valence-corrected chi connectivity index (χ2v) is 5.24. The summed E-state index contributed by atoms with van der Waals surface area (Å²) >= 11 is 0. The molecule has 1 aliphatic heterocycles. The summed E-state index contributed by atoms with van der Waals surface area (Å²) in [7, 11) is 0. The molecule has 2 aromatic rings. The summed E-state index contributed by atoms with van der Waals surface area (Å²) in [5.74, 6) is 0.860. The topological polar surface area (TPSA) is 92.9 Å². The van der Waals surface area contributed by atoms with E-state index in [-0.39, 0.29) is 17.6 Å². The van der Waals surface area contributed by atoms with Crippen LogP contribution < -0.4 is 5.32 Å². The van der Waals surface area contributed by atoms with E-state index in [2.05, 4.69) is 20.8 Å². The number of tetrazole rings is 1. The van der Waals surface area contributed by atoms with Crippen molar-refractivity contribution in [3.8, 4) is 5.75 Å². The van der Waals surface area contributed by atoms with Crippen LogP contribution in [0.5, 0.6) is 5.75 Å². The first kappa shape index (κ1) is 12.1. The van der Waals surface area contributed by atoms with E-state index < -0.39 is 0 Å². The monoisotopic (exact) mass is 283 g/mol. The summed E-state index contributed by atoms with van der Waals surface area (Å²) in [4.78, 5) is 12.4. The quantitative estimate of drug-likeness (QED) is 0.821. The molecule has 0 bridgehead atoms. The molecule has 1 aromatic carbocycles. The number of allylic oxidation sites excluding steroid dienone is 2. The first-order valence-electron chi connectivity index (χ1n) is 6.84. The number of benzene rings is 1. The zero-order valence-corrected chi connectivity index (χ0v) is 11.2. The maximum Gasteiger partial charge on any atom is 0.248 e. The number of Topliss-reactive ketones (excluding diaryl/α,β-unsaturated/α-hetero) is 1. The molecule has 0 spiro atoms. The van der Waals surface area contributed by atoms with Crippen molar-refractivity contribution >= 4 is 11.7 Å². The lowest BCUT2D eigenvalue weighted by molar-refractivity contribution is -0.116. The van der Waals surface area contributed by atoms with Gasteiger partial charge in [0.1, 0.15) is 11.8 Å². The lowest BCUT2D eigenvalue weighted by Gasteiger charge is -2.31. The van der Waals surface area contributed by atoms with E-state index in [1.165, 1.54) is 0 Å². The van der Waals surface area contributed by atoms with Gasteiger partial charge >= 0.3 is 0 Å². The minimum Gasteiger partial charge on any atom is -0.508 e. The molecule has 0 saturated heterocycles. The van der Waals surface area contributed by atoms with Gasteiger partial charge in [-0.15, -0.1) is 0 Å². The minimum absolute atomic E-state index is 0.128. The van der Waals surface area contributed by atoms with E-state index in [1.54, 1.807) is 28.9 Å². The summed E-state index contributed by atoms with van der Waals surface area (Å²) in [6.45, 7) is 0. The Labute approximate surface area is 120 Å². The summed E-state index contributed by atoms with van der Waals surface area (Å²) in [6, 6.07) is 6.47. The van der Waals surface area contributed by atoms with E-state index >= 15 is 0 Å². The maximum absolute atomic E-state index is 12.4. The molecule has 1 aromatic heterocycles. The summed E-state index contributed by atoms with van der Waals surface area (Å²) < 4.78 is 1.62. The number of rotatable bonds is 1. The molecule has 2 N–H and O–H groups in total. The third kappa shape index (κ3) is 1.81. The molecule has 0 unspecified atom stereocenters. The van der Waals surface area contributed by atoms with Gasteiger partial charge in [0, 0.05) is 17.7 Å². The molecule has 1 atom stereocenters. The molecule has 0 radical (unpaired) electrons. The maximum atomic E-state index is 12.4. The SMILES string of the molecule is O=C1CCCC2=C1[C@@H](c1ccc(O)cc1)n1nnnc1N2. The van der Waals surface area contributed by atoms with Gasteiger partial charge in [-0.2, -0.15) is 4.68 Å². The fraction of sp³-hybridized carbons (Fsp3) is 0.286. The Morgan fingerprint density at radius 2 is 2.05 bits per heavy atom. The van der Waals surface area contributed by atoms with Crippen LogP contribution in [-0.4, -0.2) is 31.1 Å². The molecule has 21 heavy (non-hydrogen) atoms. The average Bonchev–Trinajstić information content (AvgIpc) is 2.94. The van der Waals surface area contributed by atoms with Gasteiger partial charge in [0.2, 0.25) is 5.95 Å². The van der Waals surface area contributed by atoms with Crippen molar-refractivity contribution in [3.05, 3.63) is 41.1 Å². The fourth-order valence-electron chi connectivity index (χ4n) is 2.98. The van der Waals surface area contributed by atoms with Gasteiger partial charge in [-0.1, -0.05) is 17.2 Å². The van der Waals surface area contributed by atoms with Crippen molar-refractivity contribution in [1.82, 2.24) is 20.2 Å². The van der Waals surface area contributed by atoms with Gasteiger partial charge in [0.05, 0.1) is 0 Å². The number of fused-ring (bicyclic) bond motifs is 1. The largest absolute Gasteiger partial charge is 0.508 e. The first-order valence-corrected chi connectivity index (χ1v) is 6.84. The number of aromatic nitrogens is 4. The molecule has 7 heteroatoms. The van der Waals surface area contributed by atoms with Crippen molar-refractivity contribution in [2.24, 2.45) is 0 Å². The Hall–Kier alpha value is -2.70. The van der Waals surface area contributed by atoms with E-state index in [0.717, 1.165) is 29.7 Å². The predicted octanol–water partition coefficient (Wildman–Crippen LogP) is 1.40. The zero-order chi connectivity index (χ0) is 14.4. The molecule has 7 nitrogen and oxygen atoms in total. The number of ketones is 1. The van der Waals surface area contributed by atoms with Crippen molar-refractivity contribution in [2.75, 3.05) is 5.32 Å². The fourth-order valence-corrected chi connectivity index (χ4v) is 2.98. The lowest BCUT2D eigenvalue weighted by Crippen LogP contribution is -2.31. The lowest BCUT2D eigenvalue weighted by atomic mass is 9.85. The van der Waals surface area contributed by atoms with Gasteiger partial charge in [0.25, 0.3) is 0 Å². The second kappa shape index (κ2) is 4.41. The highest BCUT2D eigenvalue weighted by atomic mass is 16.3. The Balaban J connectivity index is 1.91. The molecule has 2 heterocycles. The van der Waals surface area contributed by atoms with Crippen LogP contribution in [0.15, 0.2) is 35.5 Å². The van der Waals surface area contributed by atoms with Crippen LogP contribution in [0.2, 0.25) is 0 Å². The minimum atomic E-state index is -0.334. The van der Waals surface area contributed by atoms with Crippen LogP contribution in [-0.2, 0) is 4.79 Å².